The molecule has 0 fully saturated rings. The number of aromatic nitrogens is 2. The van der Waals surface area contributed by atoms with Crippen LogP contribution in [-0.2, 0) is 11.2 Å². The van der Waals surface area contributed by atoms with Crippen LogP contribution in [0.15, 0.2) is 47.3 Å². The van der Waals surface area contributed by atoms with Gasteiger partial charge in [0.2, 0.25) is 0 Å². The summed E-state index contributed by atoms with van der Waals surface area (Å²) < 4.78 is 12.8. The lowest BCUT2D eigenvalue weighted by Crippen LogP contribution is -2.37. The Hall–Kier alpha value is -3.35. The predicted molar refractivity (Wildman–Crippen MR) is 105 cm³/mol. The number of nitrogens with one attached hydrogen (secondary N) is 1. The second kappa shape index (κ2) is 6.67. The van der Waals surface area contributed by atoms with Crippen LogP contribution in [0.1, 0.15) is 25.2 Å². The molecule has 0 aliphatic carbocycles. The van der Waals surface area contributed by atoms with Gasteiger partial charge < -0.3 is 9.47 Å². The van der Waals surface area contributed by atoms with Gasteiger partial charge in [-0.15, -0.1) is 0 Å². The Balaban J connectivity index is 1.51. The lowest BCUT2D eigenvalue weighted by molar-refractivity contribution is -0.119. The fraction of sp³-hybridized carbons (Fsp3) is 0.286. The van der Waals surface area contributed by atoms with Gasteiger partial charge in [-0.05, 0) is 39.0 Å². The number of carbonyl (C=O) groups excluding carboxylic acids is 1. The van der Waals surface area contributed by atoms with Crippen molar-refractivity contribution in [2.24, 2.45) is 0 Å². The van der Waals surface area contributed by atoms with E-state index in [9.17, 15) is 9.59 Å². The van der Waals surface area contributed by atoms with Crippen molar-refractivity contribution in [3.05, 3.63) is 64.2 Å². The quantitative estimate of drug-likeness (QED) is 0.753. The summed E-state index contributed by atoms with van der Waals surface area (Å²) in [6.07, 6.45) is 0.781. The summed E-state index contributed by atoms with van der Waals surface area (Å²) in [7, 11) is 0. The summed E-state index contributed by atoms with van der Waals surface area (Å²) in [6.45, 7) is 5.42. The standard InChI is InChI=1S/C21H21N3O4/c1-13-22-16-9-5-4-8-15(16)20(26)24(13)23-18(25)12-27-17-10-6-7-14-11-21(2,3)28-19(14)17/h4-10H,11-12H2,1-3H3,(H,23,25). The number of carbonyl (C=O) groups is 1. The fourth-order valence-corrected chi connectivity index (χ4v) is 3.38. The zero-order valence-electron chi connectivity index (χ0n) is 16.0. The van der Waals surface area contributed by atoms with Crippen LogP contribution in [0.3, 0.4) is 0 Å². The molecule has 1 aromatic heterocycles. The molecular formula is C21H21N3O4. The average Bonchev–Trinajstić information content (AvgIpc) is 2.97. The van der Waals surface area contributed by atoms with Crippen LogP contribution in [0, 0.1) is 6.92 Å². The zero-order chi connectivity index (χ0) is 19.9. The Morgan fingerprint density at radius 2 is 2.04 bits per heavy atom. The van der Waals surface area contributed by atoms with Crippen molar-refractivity contribution in [1.29, 1.82) is 0 Å². The van der Waals surface area contributed by atoms with Gasteiger partial charge in [-0.1, -0.05) is 24.3 Å². The van der Waals surface area contributed by atoms with Crippen LogP contribution in [0.4, 0.5) is 0 Å². The number of fused-ring (bicyclic) bond motifs is 2. The largest absolute Gasteiger partial charge is 0.483 e. The van der Waals surface area contributed by atoms with E-state index in [-0.39, 0.29) is 17.8 Å². The van der Waals surface area contributed by atoms with E-state index in [1.165, 1.54) is 0 Å². The minimum atomic E-state index is -0.461. The van der Waals surface area contributed by atoms with Crippen LogP contribution in [-0.4, -0.2) is 27.8 Å². The number of hydrogen-bond donors (Lipinski definition) is 1. The average molecular weight is 379 g/mol. The molecule has 4 rings (SSSR count). The van der Waals surface area contributed by atoms with Crippen molar-refractivity contribution >= 4 is 16.8 Å². The van der Waals surface area contributed by atoms with Gasteiger partial charge in [0.1, 0.15) is 11.4 Å². The molecule has 7 nitrogen and oxygen atoms in total. The van der Waals surface area contributed by atoms with Crippen LogP contribution in [0.2, 0.25) is 0 Å². The third kappa shape index (κ3) is 3.31. The van der Waals surface area contributed by atoms with Gasteiger partial charge in [0, 0.05) is 12.0 Å². The summed E-state index contributed by atoms with van der Waals surface area (Å²) >= 11 is 0. The maximum absolute atomic E-state index is 12.6. The molecule has 0 saturated carbocycles. The molecule has 7 heteroatoms. The molecule has 3 aromatic rings. The maximum atomic E-state index is 12.6. The first-order chi connectivity index (χ1) is 13.3. The van der Waals surface area contributed by atoms with E-state index < -0.39 is 5.91 Å². The van der Waals surface area contributed by atoms with E-state index in [0.717, 1.165) is 16.7 Å². The van der Waals surface area contributed by atoms with E-state index in [1.807, 2.05) is 32.0 Å². The summed E-state index contributed by atoms with van der Waals surface area (Å²) in [6, 6.07) is 12.6. The summed E-state index contributed by atoms with van der Waals surface area (Å²) in [4.78, 5) is 29.4. The van der Waals surface area contributed by atoms with E-state index in [1.54, 1.807) is 31.2 Å². The molecule has 0 saturated heterocycles. The normalized spacial score (nSPS) is 14.4. The van der Waals surface area contributed by atoms with Gasteiger partial charge >= 0.3 is 0 Å². The molecule has 2 aromatic carbocycles. The molecule has 0 atom stereocenters. The third-order valence-corrected chi connectivity index (χ3v) is 4.59. The fourth-order valence-electron chi connectivity index (χ4n) is 3.38. The molecule has 0 spiro atoms. The molecular weight excluding hydrogens is 358 g/mol. The number of hydrogen-bond acceptors (Lipinski definition) is 5. The molecule has 1 N–H and O–H groups in total. The maximum Gasteiger partial charge on any atom is 0.280 e. The highest BCUT2D eigenvalue weighted by Gasteiger charge is 2.32. The van der Waals surface area contributed by atoms with Crippen molar-refractivity contribution < 1.29 is 14.3 Å². The monoisotopic (exact) mass is 379 g/mol. The van der Waals surface area contributed by atoms with Crippen molar-refractivity contribution in [2.75, 3.05) is 12.0 Å². The highest BCUT2D eigenvalue weighted by molar-refractivity contribution is 5.86. The van der Waals surface area contributed by atoms with Crippen LogP contribution < -0.4 is 20.5 Å². The number of benzene rings is 2. The zero-order valence-corrected chi connectivity index (χ0v) is 16.0. The number of para-hydroxylation sites is 2. The van der Waals surface area contributed by atoms with Crippen LogP contribution >= 0.6 is 0 Å². The topological polar surface area (TPSA) is 82.5 Å². The van der Waals surface area contributed by atoms with Crippen LogP contribution in [0.5, 0.6) is 11.5 Å². The van der Waals surface area contributed by atoms with Crippen molar-refractivity contribution in [1.82, 2.24) is 9.66 Å². The lowest BCUT2D eigenvalue weighted by atomic mass is 10.0. The molecule has 144 valence electrons. The lowest BCUT2D eigenvalue weighted by Gasteiger charge is -2.18. The van der Waals surface area contributed by atoms with Gasteiger partial charge in [-0.3, -0.25) is 15.0 Å². The van der Waals surface area contributed by atoms with Crippen molar-refractivity contribution in [3.8, 4) is 11.5 Å². The minimum absolute atomic E-state index is 0.251. The second-order valence-corrected chi connectivity index (χ2v) is 7.42. The van der Waals surface area contributed by atoms with Gasteiger partial charge in [0.25, 0.3) is 11.5 Å². The summed E-state index contributed by atoms with van der Waals surface area (Å²) in [5, 5.41) is 0.436. The highest BCUT2D eigenvalue weighted by Crippen LogP contribution is 2.41. The second-order valence-electron chi connectivity index (χ2n) is 7.42. The smallest absolute Gasteiger partial charge is 0.280 e. The van der Waals surface area contributed by atoms with Crippen LogP contribution in [0.25, 0.3) is 10.9 Å². The molecule has 0 radical (unpaired) electrons. The Morgan fingerprint density at radius 1 is 1.25 bits per heavy atom. The Kier molecular flexibility index (Phi) is 4.30. The Bertz CT molecular complexity index is 1130. The molecule has 0 unspecified atom stereocenters. The first kappa shape index (κ1) is 18.0. The molecule has 28 heavy (non-hydrogen) atoms. The van der Waals surface area contributed by atoms with Gasteiger partial charge in [-0.25, -0.2) is 9.66 Å². The molecule has 1 amide bonds. The van der Waals surface area contributed by atoms with E-state index in [0.29, 0.717) is 28.2 Å². The van der Waals surface area contributed by atoms with Crippen molar-refractivity contribution in [2.45, 2.75) is 32.8 Å². The first-order valence-corrected chi connectivity index (χ1v) is 9.06. The minimum Gasteiger partial charge on any atom is -0.483 e. The number of ether oxygens (including phenoxy) is 2. The van der Waals surface area contributed by atoms with Gasteiger partial charge in [-0.2, -0.15) is 0 Å². The Morgan fingerprint density at radius 3 is 2.86 bits per heavy atom. The number of aryl methyl sites for hydroxylation is 1. The number of amides is 1. The molecule has 0 bridgehead atoms. The van der Waals surface area contributed by atoms with Crippen molar-refractivity contribution in [3.63, 3.8) is 0 Å². The van der Waals surface area contributed by atoms with E-state index in [2.05, 4.69) is 10.4 Å². The molecule has 2 heterocycles. The molecule has 1 aliphatic heterocycles. The first-order valence-electron chi connectivity index (χ1n) is 9.06. The van der Waals surface area contributed by atoms with Gasteiger partial charge in [0.05, 0.1) is 10.9 Å². The van der Waals surface area contributed by atoms with E-state index >= 15 is 0 Å². The number of nitrogens with zero attached hydrogens (tertiary/aromatic N) is 2. The predicted octanol–water partition coefficient (Wildman–Crippen LogP) is 2.57. The van der Waals surface area contributed by atoms with Gasteiger partial charge in [0.15, 0.2) is 18.1 Å². The third-order valence-electron chi connectivity index (χ3n) is 4.59. The summed E-state index contributed by atoms with van der Waals surface area (Å²) in [5.41, 5.74) is 3.57. The SMILES string of the molecule is Cc1nc2ccccc2c(=O)n1NC(=O)COc1cccc2c1OC(C)(C)C2. The molecule has 1 aliphatic rings. The van der Waals surface area contributed by atoms with E-state index in [4.69, 9.17) is 9.47 Å². The number of rotatable bonds is 4. The Labute approximate surface area is 161 Å². The summed E-state index contributed by atoms with van der Waals surface area (Å²) in [5.74, 6) is 1.11. The highest BCUT2D eigenvalue weighted by atomic mass is 16.5.